The number of furan rings is 1. The maximum absolute atomic E-state index is 13.1. The van der Waals surface area contributed by atoms with Crippen LogP contribution >= 0.6 is 11.6 Å². The molecule has 1 aromatic heterocycles. The molecule has 3 aromatic rings. The average Bonchev–Trinajstić information content (AvgIpc) is 3.29. The molecule has 7 heteroatoms. The molecule has 1 aliphatic heterocycles. The molecule has 1 N–H and O–H groups in total. The second-order valence-electron chi connectivity index (χ2n) is 7.78. The number of Topliss-reactive ketones (excluding diaryl/α,β-unsaturated/α-hetero) is 1. The Morgan fingerprint density at radius 2 is 1.69 bits per heavy atom. The van der Waals surface area contributed by atoms with E-state index >= 15 is 0 Å². The number of hydrogen-bond donors (Lipinski definition) is 1. The number of aliphatic hydroxyl groups is 1. The van der Waals surface area contributed by atoms with Crippen molar-refractivity contribution in [2.45, 2.75) is 32.9 Å². The summed E-state index contributed by atoms with van der Waals surface area (Å²) < 4.78 is 11.4. The first-order valence-electron chi connectivity index (χ1n) is 10.2. The van der Waals surface area contributed by atoms with E-state index < -0.39 is 17.7 Å². The van der Waals surface area contributed by atoms with Gasteiger partial charge in [0.2, 0.25) is 0 Å². The van der Waals surface area contributed by atoms with Crippen LogP contribution in [0, 0.1) is 6.92 Å². The van der Waals surface area contributed by atoms with Crippen LogP contribution in [-0.2, 0) is 9.59 Å². The van der Waals surface area contributed by atoms with Crippen molar-refractivity contribution in [1.82, 2.24) is 0 Å². The van der Waals surface area contributed by atoms with E-state index in [1.807, 2.05) is 13.8 Å². The quantitative estimate of drug-likeness (QED) is 0.308. The van der Waals surface area contributed by atoms with Crippen molar-refractivity contribution < 1.29 is 23.8 Å². The van der Waals surface area contributed by atoms with Crippen molar-refractivity contribution in [2.24, 2.45) is 0 Å². The molecule has 2 heterocycles. The van der Waals surface area contributed by atoms with Gasteiger partial charge in [0.15, 0.2) is 0 Å². The molecular formula is C25H22ClNO5. The highest BCUT2D eigenvalue weighted by Gasteiger charge is 2.48. The Morgan fingerprint density at radius 1 is 1.03 bits per heavy atom. The molecule has 6 nitrogen and oxygen atoms in total. The number of aryl methyl sites for hydroxylation is 1. The summed E-state index contributed by atoms with van der Waals surface area (Å²) in [5.41, 5.74) is 0.815. The highest BCUT2D eigenvalue weighted by atomic mass is 35.5. The molecule has 0 spiro atoms. The fraction of sp³-hybridized carbons (Fsp3) is 0.200. The summed E-state index contributed by atoms with van der Waals surface area (Å²) in [6, 6.07) is 15.8. The first-order chi connectivity index (χ1) is 15.3. The summed E-state index contributed by atoms with van der Waals surface area (Å²) >= 11 is 6.00. The van der Waals surface area contributed by atoms with Gasteiger partial charge in [0, 0.05) is 16.3 Å². The average molecular weight is 452 g/mol. The Balaban J connectivity index is 1.84. The summed E-state index contributed by atoms with van der Waals surface area (Å²) in [6.45, 7) is 5.60. The fourth-order valence-electron chi connectivity index (χ4n) is 3.69. The lowest BCUT2D eigenvalue weighted by atomic mass is 9.99. The van der Waals surface area contributed by atoms with E-state index in [1.54, 1.807) is 67.6 Å². The van der Waals surface area contributed by atoms with Crippen LogP contribution in [0.3, 0.4) is 0 Å². The molecule has 32 heavy (non-hydrogen) atoms. The third kappa shape index (κ3) is 4.01. The normalized spacial score (nSPS) is 17.9. The molecule has 0 saturated carbocycles. The SMILES string of the molecule is Cc1ccc(C2/C(=C(/O)c3ccc(OC(C)C)cc3)C(=O)C(=O)N2c2ccc(Cl)cc2)o1. The van der Waals surface area contributed by atoms with E-state index in [-0.39, 0.29) is 17.4 Å². The molecule has 1 amide bonds. The van der Waals surface area contributed by atoms with Crippen LogP contribution < -0.4 is 9.64 Å². The molecule has 1 unspecified atom stereocenters. The number of anilines is 1. The topological polar surface area (TPSA) is 80.0 Å². The van der Waals surface area contributed by atoms with Gasteiger partial charge in [-0.2, -0.15) is 0 Å². The molecule has 0 aliphatic carbocycles. The highest BCUT2D eigenvalue weighted by molar-refractivity contribution is 6.51. The van der Waals surface area contributed by atoms with E-state index in [4.69, 9.17) is 20.8 Å². The molecule has 1 fully saturated rings. The van der Waals surface area contributed by atoms with Crippen molar-refractivity contribution in [3.8, 4) is 5.75 Å². The number of carbonyl (C=O) groups is 2. The Morgan fingerprint density at radius 3 is 2.25 bits per heavy atom. The summed E-state index contributed by atoms with van der Waals surface area (Å²) in [6.07, 6.45) is 0.00124. The van der Waals surface area contributed by atoms with Gasteiger partial charge in [0.05, 0.1) is 11.7 Å². The van der Waals surface area contributed by atoms with Gasteiger partial charge >= 0.3 is 0 Å². The van der Waals surface area contributed by atoms with E-state index in [0.717, 1.165) is 0 Å². The minimum absolute atomic E-state index is 0.00124. The van der Waals surface area contributed by atoms with Crippen LogP contribution in [-0.4, -0.2) is 22.9 Å². The van der Waals surface area contributed by atoms with E-state index in [1.165, 1.54) is 4.90 Å². The summed E-state index contributed by atoms with van der Waals surface area (Å²) in [5, 5.41) is 11.6. The van der Waals surface area contributed by atoms with Gasteiger partial charge in [-0.15, -0.1) is 0 Å². The first kappa shape index (κ1) is 21.7. The molecular weight excluding hydrogens is 430 g/mol. The van der Waals surface area contributed by atoms with Gasteiger partial charge in [-0.1, -0.05) is 11.6 Å². The minimum Gasteiger partial charge on any atom is -0.507 e. The summed E-state index contributed by atoms with van der Waals surface area (Å²) in [5.74, 6) is -0.201. The molecule has 1 atom stereocenters. The summed E-state index contributed by atoms with van der Waals surface area (Å²) in [4.78, 5) is 27.4. The number of hydrogen-bond acceptors (Lipinski definition) is 5. The number of aliphatic hydroxyl groups excluding tert-OH is 1. The van der Waals surface area contributed by atoms with Crippen molar-refractivity contribution in [2.75, 3.05) is 4.90 Å². The van der Waals surface area contributed by atoms with Gasteiger partial charge in [-0.05, 0) is 81.4 Å². The Bertz CT molecular complexity index is 1190. The Hall–Kier alpha value is -3.51. The van der Waals surface area contributed by atoms with Crippen LogP contribution in [0.15, 0.2) is 70.7 Å². The molecule has 4 rings (SSSR count). The molecule has 0 radical (unpaired) electrons. The number of amides is 1. The standard InChI is InChI=1S/C25H22ClNO5/c1-14(2)31-19-11-5-16(6-12-19)23(28)21-22(20-13-4-15(3)32-20)27(25(30)24(21)29)18-9-7-17(26)8-10-18/h4-14,22,28H,1-3H3/b23-21-. The fourth-order valence-corrected chi connectivity index (χ4v) is 3.82. The third-order valence-corrected chi connectivity index (χ3v) is 5.33. The molecule has 2 aromatic carbocycles. The number of ketones is 1. The first-order valence-corrected chi connectivity index (χ1v) is 10.5. The zero-order chi connectivity index (χ0) is 23.0. The Labute approximate surface area is 190 Å². The minimum atomic E-state index is -0.920. The second-order valence-corrected chi connectivity index (χ2v) is 8.22. The van der Waals surface area contributed by atoms with Gasteiger partial charge in [-0.25, -0.2) is 0 Å². The van der Waals surface area contributed by atoms with Gasteiger partial charge in [0.1, 0.15) is 29.1 Å². The zero-order valence-corrected chi connectivity index (χ0v) is 18.6. The molecule has 1 aliphatic rings. The number of rotatable bonds is 5. The molecule has 0 bridgehead atoms. The van der Waals surface area contributed by atoms with Crippen molar-refractivity contribution in [1.29, 1.82) is 0 Å². The number of nitrogens with zero attached hydrogens (tertiary/aromatic N) is 1. The van der Waals surface area contributed by atoms with Crippen LogP contribution in [0.2, 0.25) is 5.02 Å². The number of ether oxygens (including phenoxy) is 1. The van der Waals surface area contributed by atoms with Crippen molar-refractivity contribution in [3.63, 3.8) is 0 Å². The number of carbonyl (C=O) groups excluding carboxylic acids is 2. The number of halogens is 1. The maximum Gasteiger partial charge on any atom is 0.300 e. The predicted octanol–water partition coefficient (Wildman–Crippen LogP) is 5.65. The Kier molecular flexibility index (Phi) is 5.80. The van der Waals surface area contributed by atoms with Gasteiger partial charge in [-0.3, -0.25) is 14.5 Å². The van der Waals surface area contributed by atoms with E-state index in [0.29, 0.717) is 33.5 Å². The van der Waals surface area contributed by atoms with Gasteiger partial charge in [0.25, 0.3) is 11.7 Å². The lowest BCUT2D eigenvalue weighted by Crippen LogP contribution is -2.29. The maximum atomic E-state index is 13.1. The predicted molar refractivity (Wildman–Crippen MR) is 122 cm³/mol. The van der Waals surface area contributed by atoms with Gasteiger partial charge < -0.3 is 14.3 Å². The van der Waals surface area contributed by atoms with Crippen LogP contribution in [0.1, 0.15) is 37.0 Å². The van der Waals surface area contributed by atoms with E-state index in [2.05, 4.69) is 0 Å². The van der Waals surface area contributed by atoms with Crippen molar-refractivity contribution in [3.05, 3.63) is 88.3 Å². The van der Waals surface area contributed by atoms with Crippen LogP contribution in [0.25, 0.3) is 5.76 Å². The third-order valence-electron chi connectivity index (χ3n) is 5.08. The monoisotopic (exact) mass is 451 g/mol. The lowest BCUT2D eigenvalue weighted by Gasteiger charge is -2.23. The number of benzene rings is 2. The lowest BCUT2D eigenvalue weighted by molar-refractivity contribution is -0.132. The highest BCUT2D eigenvalue weighted by Crippen LogP contribution is 2.42. The second kappa shape index (κ2) is 8.55. The van der Waals surface area contributed by atoms with Crippen LogP contribution in [0.4, 0.5) is 5.69 Å². The van der Waals surface area contributed by atoms with Crippen molar-refractivity contribution >= 4 is 34.7 Å². The smallest absolute Gasteiger partial charge is 0.300 e. The van der Waals surface area contributed by atoms with E-state index in [9.17, 15) is 14.7 Å². The molecule has 1 saturated heterocycles. The summed E-state index contributed by atoms with van der Waals surface area (Å²) in [7, 11) is 0. The molecule has 164 valence electrons. The zero-order valence-electron chi connectivity index (χ0n) is 17.8. The largest absolute Gasteiger partial charge is 0.507 e. The van der Waals surface area contributed by atoms with Crippen LogP contribution in [0.5, 0.6) is 5.75 Å².